The maximum atomic E-state index is 12.6. The number of carbonyl (C=O) groups is 2. The van der Waals surface area contributed by atoms with E-state index in [-0.39, 0.29) is 17.9 Å². The van der Waals surface area contributed by atoms with Crippen molar-refractivity contribution in [1.29, 1.82) is 0 Å². The number of anilines is 1. The van der Waals surface area contributed by atoms with Gasteiger partial charge in [-0.15, -0.1) is 0 Å². The molecule has 2 aromatic rings. The van der Waals surface area contributed by atoms with Gasteiger partial charge in [-0.25, -0.2) is 4.79 Å². The molecule has 122 valence electrons. The van der Waals surface area contributed by atoms with Crippen LogP contribution in [0.1, 0.15) is 28.5 Å². The van der Waals surface area contributed by atoms with Gasteiger partial charge in [-0.3, -0.25) is 4.79 Å². The number of carboxylic acid groups (broad SMARTS) is 1. The molecule has 1 aromatic carbocycles. The second-order valence-electron chi connectivity index (χ2n) is 5.33. The number of aromatic carboxylic acids is 1. The van der Waals surface area contributed by atoms with E-state index in [4.69, 9.17) is 0 Å². The van der Waals surface area contributed by atoms with Crippen LogP contribution in [0.15, 0.2) is 34.9 Å². The Morgan fingerprint density at radius 3 is 2.39 bits per heavy atom. The molecule has 1 aromatic heterocycles. The quantitative estimate of drug-likeness (QED) is 0.865. The van der Waals surface area contributed by atoms with E-state index in [9.17, 15) is 14.7 Å². The van der Waals surface area contributed by atoms with Crippen LogP contribution in [0.2, 0.25) is 0 Å². The average molecular weight is 379 g/mol. The molecule has 1 N–H and O–H groups in total. The Labute approximate surface area is 143 Å². The predicted molar refractivity (Wildman–Crippen MR) is 93.1 cm³/mol. The Bertz CT molecular complexity index is 735. The molecule has 0 unspecified atom stereocenters. The second-order valence-corrected chi connectivity index (χ2v) is 6.25. The number of aromatic nitrogens is 1. The van der Waals surface area contributed by atoms with Crippen LogP contribution in [0.5, 0.6) is 0 Å². The van der Waals surface area contributed by atoms with E-state index >= 15 is 0 Å². The molecule has 0 saturated heterocycles. The Morgan fingerprint density at radius 2 is 1.87 bits per heavy atom. The highest BCUT2D eigenvalue weighted by Crippen LogP contribution is 2.21. The van der Waals surface area contributed by atoms with Crippen LogP contribution in [-0.2, 0) is 17.8 Å². The van der Waals surface area contributed by atoms with Crippen molar-refractivity contribution in [3.05, 3.63) is 51.8 Å². The predicted octanol–water partition coefficient (Wildman–Crippen LogP) is 3.48. The second kappa shape index (κ2) is 7.00. The summed E-state index contributed by atoms with van der Waals surface area (Å²) in [5, 5.41) is 9.41. The van der Waals surface area contributed by atoms with Gasteiger partial charge in [-0.1, -0.05) is 15.9 Å². The molecule has 1 amide bonds. The summed E-state index contributed by atoms with van der Waals surface area (Å²) in [6.45, 7) is 4.30. The van der Waals surface area contributed by atoms with E-state index in [1.54, 1.807) is 25.1 Å². The molecule has 0 fully saturated rings. The topological polar surface area (TPSA) is 62.5 Å². The zero-order valence-electron chi connectivity index (χ0n) is 13.3. The molecule has 0 aliphatic heterocycles. The van der Waals surface area contributed by atoms with Gasteiger partial charge in [0.1, 0.15) is 0 Å². The lowest BCUT2D eigenvalue weighted by atomic mass is 10.1. The molecule has 0 bridgehead atoms. The lowest BCUT2D eigenvalue weighted by molar-refractivity contribution is -0.117. The first-order valence-corrected chi connectivity index (χ1v) is 8.08. The molecule has 5 nitrogen and oxygen atoms in total. The molecule has 0 aliphatic carbocycles. The highest BCUT2D eigenvalue weighted by atomic mass is 79.9. The lowest BCUT2D eigenvalue weighted by Gasteiger charge is -2.18. The number of hydrogen-bond donors (Lipinski definition) is 1. The van der Waals surface area contributed by atoms with Crippen molar-refractivity contribution in [2.75, 3.05) is 11.9 Å². The van der Waals surface area contributed by atoms with E-state index in [1.165, 1.54) is 0 Å². The molecule has 6 heteroatoms. The van der Waals surface area contributed by atoms with Crippen molar-refractivity contribution in [2.24, 2.45) is 0 Å². The van der Waals surface area contributed by atoms with Gasteiger partial charge in [0.2, 0.25) is 5.91 Å². The third-order valence-electron chi connectivity index (χ3n) is 3.84. The Kier molecular flexibility index (Phi) is 5.26. The Hall–Kier alpha value is -2.08. The Morgan fingerprint density at radius 1 is 1.26 bits per heavy atom. The SMILES string of the molecule is CCn1cc(C)c(C(=O)O)c1CC(=O)N(C)c1ccc(Br)cc1. The van der Waals surface area contributed by atoms with Gasteiger partial charge >= 0.3 is 5.97 Å². The van der Waals surface area contributed by atoms with Gasteiger partial charge in [0.25, 0.3) is 0 Å². The van der Waals surface area contributed by atoms with Crippen LogP contribution in [0, 0.1) is 6.92 Å². The third-order valence-corrected chi connectivity index (χ3v) is 4.37. The number of benzene rings is 1. The lowest BCUT2D eigenvalue weighted by Crippen LogP contribution is -2.29. The number of rotatable bonds is 5. The van der Waals surface area contributed by atoms with Crippen molar-refractivity contribution >= 4 is 33.5 Å². The molecule has 0 spiro atoms. The molecule has 0 saturated carbocycles. The number of nitrogens with zero attached hydrogens (tertiary/aromatic N) is 2. The summed E-state index contributed by atoms with van der Waals surface area (Å²) < 4.78 is 2.76. The molecule has 0 atom stereocenters. The highest BCUT2D eigenvalue weighted by Gasteiger charge is 2.22. The van der Waals surface area contributed by atoms with Crippen LogP contribution in [0.25, 0.3) is 0 Å². The van der Waals surface area contributed by atoms with Gasteiger partial charge in [-0.05, 0) is 43.7 Å². The smallest absolute Gasteiger partial charge is 0.337 e. The summed E-state index contributed by atoms with van der Waals surface area (Å²) in [5.41, 5.74) is 2.21. The van der Waals surface area contributed by atoms with Crippen LogP contribution in [0.4, 0.5) is 5.69 Å². The molecular weight excluding hydrogens is 360 g/mol. The largest absolute Gasteiger partial charge is 0.478 e. The molecule has 0 radical (unpaired) electrons. The zero-order valence-corrected chi connectivity index (χ0v) is 14.9. The number of aryl methyl sites for hydroxylation is 2. The molecule has 1 heterocycles. The monoisotopic (exact) mass is 378 g/mol. The van der Waals surface area contributed by atoms with Crippen LogP contribution < -0.4 is 4.90 Å². The standard InChI is InChI=1S/C17H19BrN2O3/c1-4-20-10-11(2)16(17(22)23)14(20)9-15(21)19(3)13-7-5-12(18)6-8-13/h5-8,10H,4,9H2,1-3H3,(H,22,23). The first-order valence-electron chi connectivity index (χ1n) is 7.29. The zero-order chi connectivity index (χ0) is 17.1. The van der Waals surface area contributed by atoms with Crippen molar-refractivity contribution in [1.82, 2.24) is 4.57 Å². The van der Waals surface area contributed by atoms with Crippen LogP contribution >= 0.6 is 15.9 Å². The summed E-state index contributed by atoms with van der Waals surface area (Å²) in [6, 6.07) is 7.40. The summed E-state index contributed by atoms with van der Waals surface area (Å²) in [7, 11) is 1.69. The molecule has 0 aliphatic rings. The van der Waals surface area contributed by atoms with Gasteiger partial charge in [0.15, 0.2) is 0 Å². The van der Waals surface area contributed by atoms with Gasteiger partial charge < -0.3 is 14.6 Å². The van der Waals surface area contributed by atoms with Crippen molar-refractivity contribution in [2.45, 2.75) is 26.8 Å². The number of carboxylic acids is 1. The van der Waals surface area contributed by atoms with E-state index < -0.39 is 5.97 Å². The van der Waals surface area contributed by atoms with Crippen molar-refractivity contribution in [3.8, 4) is 0 Å². The molecule has 23 heavy (non-hydrogen) atoms. The van der Waals surface area contributed by atoms with E-state index in [2.05, 4.69) is 15.9 Å². The van der Waals surface area contributed by atoms with Gasteiger partial charge in [0.05, 0.1) is 12.0 Å². The summed E-state index contributed by atoms with van der Waals surface area (Å²) in [4.78, 5) is 25.6. The molecular formula is C17H19BrN2O3. The number of halogens is 1. The summed E-state index contributed by atoms with van der Waals surface area (Å²) >= 11 is 3.36. The maximum Gasteiger partial charge on any atom is 0.337 e. The number of likely N-dealkylation sites (N-methyl/N-ethyl adjacent to an activating group) is 1. The normalized spacial score (nSPS) is 10.6. The Balaban J connectivity index is 2.29. The fourth-order valence-electron chi connectivity index (χ4n) is 2.58. The number of carbonyl (C=O) groups excluding carboxylic acids is 1. The minimum atomic E-state index is -0.996. The van der Waals surface area contributed by atoms with Crippen LogP contribution in [0.3, 0.4) is 0 Å². The number of hydrogen-bond acceptors (Lipinski definition) is 2. The summed E-state index contributed by atoms with van der Waals surface area (Å²) in [6.07, 6.45) is 1.83. The first-order chi connectivity index (χ1) is 10.8. The first kappa shape index (κ1) is 17.3. The van der Waals surface area contributed by atoms with Crippen LogP contribution in [-0.4, -0.2) is 28.6 Å². The minimum absolute atomic E-state index is 0.0515. The van der Waals surface area contributed by atoms with E-state index in [0.717, 1.165) is 10.2 Å². The highest BCUT2D eigenvalue weighted by molar-refractivity contribution is 9.10. The summed E-state index contributed by atoms with van der Waals surface area (Å²) in [5.74, 6) is -1.15. The van der Waals surface area contributed by atoms with E-state index in [0.29, 0.717) is 17.8 Å². The van der Waals surface area contributed by atoms with Gasteiger partial charge in [0, 0.05) is 35.6 Å². The van der Waals surface area contributed by atoms with E-state index in [1.807, 2.05) is 35.8 Å². The molecule has 2 rings (SSSR count). The maximum absolute atomic E-state index is 12.6. The van der Waals surface area contributed by atoms with Crippen molar-refractivity contribution in [3.63, 3.8) is 0 Å². The minimum Gasteiger partial charge on any atom is -0.478 e. The average Bonchev–Trinajstić information content (AvgIpc) is 2.83. The fraction of sp³-hybridized carbons (Fsp3) is 0.294. The number of amides is 1. The third kappa shape index (κ3) is 3.64. The van der Waals surface area contributed by atoms with Crippen molar-refractivity contribution < 1.29 is 14.7 Å². The fourth-order valence-corrected chi connectivity index (χ4v) is 2.85. The van der Waals surface area contributed by atoms with Gasteiger partial charge in [-0.2, -0.15) is 0 Å².